The molecule has 0 heterocycles. The molecule has 0 aromatic rings. The molecule has 0 fully saturated rings. The van der Waals surface area contributed by atoms with Crippen LogP contribution in [0.5, 0.6) is 0 Å². The van der Waals surface area contributed by atoms with E-state index in [9.17, 15) is 0 Å². The van der Waals surface area contributed by atoms with Gasteiger partial charge >= 0.3 is 0 Å². The summed E-state index contributed by atoms with van der Waals surface area (Å²) in [7, 11) is -0.526. The van der Waals surface area contributed by atoms with Crippen LogP contribution in [-0.2, 0) is 4.43 Å². The maximum absolute atomic E-state index is 5.27. The molecular formula is C7H12OSi. The number of hydrogen-bond donors (Lipinski definition) is 0. The second kappa shape index (κ2) is 5.53. The normalized spacial score (nSPS) is 10.3. The van der Waals surface area contributed by atoms with Gasteiger partial charge in [-0.05, 0) is 0 Å². The molecule has 0 bridgehead atoms. The van der Waals surface area contributed by atoms with Gasteiger partial charge in [0.1, 0.15) is 0 Å². The highest BCUT2D eigenvalue weighted by atomic mass is 28.2. The third-order valence-electron chi connectivity index (χ3n) is 0.871. The minimum atomic E-state index is -0.526. The van der Waals surface area contributed by atoms with Crippen LogP contribution in [0.3, 0.4) is 0 Å². The smallest absolute Gasteiger partial charge is 0.185 e. The molecule has 0 atom stereocenters. The van der Waals surface area contributed by atoms with E-state index >= 15 is 0 Å². The Morgan fingerprint density at radius 2 is 1.78 bits per heavy atom. The highest BCUT2D eigenvalue weighted by Crippen LogP contribution is 1.91. The van der Waals surface area contributed by atoms with Crippen molar-refractivity contribution in [2.75, 3.05) is 0 Å². The Morgan fingerprint density at radius 3 is 2.11 bits per heavy atom. The van der Waals surface area contributed by atoms with Crippen LogP contribution in [-0.4, -0.2) is 15.9 Å². The van der Waals surface area contributed by atoms with Gasteiger partial charge in [-0.15, -0.1) is 19.7 Å². The van der Waals surface area contributed by atoms with E-state index in [4.69, 9.17) is 4.43 Å². The quantitative estimate of drug-likeness (QED) is 0.408. The molecule has 50 valence electrons. The van der Waals surface area contributed by atoms with Crippen molar-refractivity contribution in [2.45, 2.75) is 6.10 Å². The van der Waals surface area contributed by atoms with Gasteiger partial charge in [0.25, 0.3) is 0 Å². The van der Waals surface area contributed by atoms with Crippen molar-refractivity contribution >= 4 is 9.76 Å². The summed E-state index contributed by atoms with van der Waals surface area (Å²) in [6.07, 6.45) is 3.47. The van der Waals surface area contributed by atoms with E-state index in [-0.39, 0.29) is 6.10 Å². The second-order valence-electron chi connectivity index (χ2n) is 1.56. The highest BCUT2D eigenvalue weighted by molar-refractivity contribution is 6.34. The maximum atomic E-state index is 5.27. The van der Waals surface area contributed by atoms with E-state index in [1.54, 1.807) is 12.2 Å². The van der Waals surface area contributed by atoms with Crippen LogP contribution in [0.25, 0.3) is 0 Å². The van der Waals surface area contributed by atoms with Crippen LogP contribution in [0.15, 0.2) is 37.6 Å². The van der Waals surface area contributed by atoms with Crippen LogP contribution in [0.1, 0.15) is 0 Å². The molecule has 0 aliphatic heterocycles. The Labute approximate surface area is 58.7 Å². The zero-order valence-electron chi connectivity index (χ0n) is 5.55. The van der Waals surface area contributed by atoms with Gasteiger partial charge < -0.3 is 4.43 Å². The first-order valence-electron chi connectivity index (χ1n) is 2.82. The number of rotatable bonds is 5. The van der Waals surface area contributed by atoms with Gasteiger partial charge in [0.05, 0.1) is 6.10 Å². The van der Waals surface area contributed by atoms with Crippen LogP contribution in [0.2, 0.25) is 0 Å². The SMILES string of the molecule is C=C[SiH2]OC(C=C)C=C. The van der Waals surface area contributed by atoms with E-state index in [1.807, 2.05) is 5.70 Å². The standard InChI is InChI=1S/C7H12OSi/c1-4-7(5-2)8-9-6-3/h4-7H,1-3,9H2. The lowest BCUT2D eigenvalue weighted by Gasteiger charge is -2.05. The van der Waals surface area contributed by atoms with Crippen molar-refractivity contribution in [3.63, 3.8) is 0 Å². The monoisotopic (exact) mass is 140 g/mol. The Morgan fingerprint density at radius 1 is 1.22 bits per heavy atom. The van der Waals surface area contributed by atoms with Gasteiger partial charge in [-0.25, -0.2) is 0 Å². The van der Waals surface area contributed by atoms with Crippen molar-refractivity contribution < 1.29 is 4.43 Å². The fourth-order valence-electron chi connectivity index (χ4n) is 0.411. The van der Waals surface area contributed by atoms with Crippen molar-refractivity contribution in [2.24, 2.45) is 0 Å². The van der Waals surface area contributed by atoms with Crippen molar-refractivity contribution in [3.05, 3.63) is 37.6 Å². The van der Waals surface area contributed by atoms with Gasteiger partial charge in [0, 0.05) is 0 Å². The lowest BCUT2D eigenvalue weighted by molar-refractivity contribution is 0.320. The largest absolute Gasteiger partial charge is 0.410 e. The molecule has 0 spiro atoms. The lowest BCUT2D eigenvalue weighted by atomic mass is 10.4. The van der Waals surface area contributed by atoms with Crippen LogP contribution in [0.4, 0.5) is 0 Å². The third-order valence-corrected chi connectivity index (χ3v) is 1.68. The Balaban J connectivity index is 3.41. The summed E-state index contributed by atoms with van der Waals surface area (Å²) in [5, 5.41) is 0. The van der Waals surface area contributed by atoms with E-state index in [1.165, 1.54) is 0 Å². The minimum absolute atomic E-state index is 0.0228. The Kier molecular flexibility index (Phi) is 5.16. The van der Waals surface area contributed by atoms with E-state index < -0.39 is 9.76 Å². The summed E-state index contributed by atoms with van der Waals surface area (Å²) < 4.78 is 5.27. The zero-order chi connectivity index (χ0) is 7.11. The molecule has 0 aromatic heterocycles. The summed E-state index contributed by atoms with van der Waals surface area (Å²) in [5.41, 5.74) is 1.83. The average molecular weight is 140 g/mol. The Hall–Kier alpha value is -0.603. The molecule has 0 saturated carbocycles. The van der Waals surface area contributed by atoms with Crippen LogP contribution >= 0.6 is 0 Å². The fraction of sp³-hybridized carbons (Fsp3) is 0.143. The fourth-order valence-corrected chi connectivity index (χ4v) is 1.04. The molecule has 0 aliphatic carbocycles. The molecule has 1 nitrogen and oxygen atoms in total. The molecular weight excluding hydrogens is 128 g/mol. The summed E-state index contributed by atoms with van der Waals surface area (Å²) >= 11 is 0. The number of hydrogen-bond acceptors (Lipinski definition) is 1. The van der Waals surface area contributed by atoms with Crippen molar-refractivity contribution in [3.8, 4) is 0 Å². The topological polar surface area (TPSA) is 9.23 Å². The molecule has 0 saturated heterocycles. The molecule has 0 unspecified atom stereocenters. The molecule has 0 aliphatic rings. The first-order chi connectivity index (χ1) is 4.35. The molecule has 0 aromatic carbocycles. The average Bonchev–Trinajstić information content (AvgIpc) is 1.91. The first kappa shape index (κ1) is 8.40. The predicted molar refractivity (Wildman–Crippen MR) is 44.0 cm³/mol. The van der Waals surface area contributed by atoms with Gasteiger partial charge in [-0.2, -0.15) is 0 Å². The van der Waals surface area contributed by atoms with Gasteiger partial charge in [0.15, 0.2) is 9.76 Å². The van der Waals surface area contributed by atoms with E-state index in [0.717, 1.165) is 0 Å². The molecule has 9 heavy (non-hydrogen) atoms. The molecule has 0 rings (SSSR count). The van der Waals surface area contributed by atoms with Crippen LogP contribution < -0.4 is 0 Å². The summed E-state index contributed by atoms with van der Waals surface area (Å²) in [6.45, 7) is 10.7. The van der Waals surface area contributed by atoms with Gasteiger partial charge in [-0.1, -0.05) is 17.9 Å². The third kappa shape index (κ3) is 3.94. The predicted octanol–water partition coefficient (Wildman–Crippen LogP) is 0.971. The van der Waals surface area contributed by atoms with Crippen molar-refractivity contribution in [1.82, 2.24) is 0 Å². The lowest BCUT2D eigenvalue weighted by Crippen LogP contribution is -2.07. The van der Waals surface area contributed by atoms with E-state index in [2.05, 4.69) is 19.7 Å². The summed E-state index contributed by atoms with van der Waals surface area (Å²) in [5.74, 6) is 0. The van der Waals surface area contributed by atoms with Crippen molar-refractivity contribution in [1.29, 1.82) is 0 Å². The molecule has 0 N–H and O–H groups in total. The van der Waals surface area contributed by atoms with Gasteiger partial charge in [0.2, 0.25) is 0 Å². The molecule has 2 heteroatoms. The minimum Gasteiger partial charge on any atom is -0.410 e. The summed E-state index contributed by atoms with van der Waals surface area (Å²) in [4.78, 5) is 0. The first-order valence-corrected chi connectivity index (χ1v) is 4.22. The highest BCUT2D eigenvalue weighted by Gasteiger charge is 1.92. The van der Waals surface area contributed by atoms with Gasteiger partial charge in [-0.3, -0.25) is 0 Å². The zero-order valence-corrected chi connectivity index (χ0v) is 6.96. The summed E-state index contributed by atoms with van der Waals surface area (Å²) in [6, 6.07) is 0. The second-order valence-corrected chi connectivity index (χ2v) is 2.80. The molecule has 0 radical (unpaired) electrons. The van der Waals surface area contributed by atoms with E-state index in [0.29, 0.717) is 0 Å². The van der Waals surface area contributed by atoms with Crippen LogP contribution in [0, 0.1) is 0 Å². The molecule has 0 amide bonds. The Bertz CT molecular complexity index is 101. The maximum Gasteiger partial charge on any atom is 0.185 e.